The summed E-state index contributed by atoms with van der Waals surface area (Å²) >= 11 is 11.8. The van der Waals surface area contributed by atoms with Gasteiger partial charge < -0.3 is 10.2 Å². The zero-order chi connectivity index (χ0) is 14.9. The summed E-state index contributed by atoms with van der Waals surface area (Å²) < 4.78 is 13.9. The SMILES string of the molecule is O=C(O)C(O)c1ccc(F)c(-c2cc(Cl)ccc2Cl)c1. The molecular weight excluding hydrogens is 306 g/mol. The number of aliphatic hydroxyl groups excluding tert-OH is 1. The number of carbonyl (C=O) groups is 1. The molecule has 0 saturated carbocycles. The van der Waals surface area contributed by atoms with Crippen LogP contribution in [-0.2, 0) is 4.79 Å². The number of aliphatic hydroxyl groups is 1. The molecule has 0 amide bonds. The minimum absolute atomic E-state index is 0.0601. The molecule has 2 rings (SSSR count). The van der Waals surface area contributed by atoms with E-state index >= 15 is 0 Å². The average molecular weight is 315 g/mol. The maximum Gasteiger partial charge on any atom is 0.337 e. The van der Waals surface area contributed by atoms with Crippen molar-refractivity contribution >= 4 is 29.2 Å². The summed E-state index contributed by atoms with van der Waals surface area (Å²) in [5, 5.41) is 18.9. The highest BCUT2D eigenvalue weighted by Gasteiger charge is 2.19. The van der Waals surface area contributed by atoms with E-state index in [1.807, 2.05) is 0 Å². The molecule has 0 aliphatic heterocycles. The lowest BCUT2D eigenvalue weighted by Crippen LogP contribution is -2.10. The summed E-state index contributed by atoms with van der Waals surface area (Å²) in [4.78, 5) is 10.8. The Hall–Kier alpha value is -1.62. The Kier molecular flexibility index (Phi) is 4.28. The van der Waals surface area contributed by atoms with Gasteiger partial charge in [-0.05, 0) is 35.9 Å². The second kappa shape index (κ2) is 5.79. The highest BCUT2D eigenvalue weighted by atomic mass is 35.5. The molecule has 0 heterocycles. The van der Waals surface area contributed by atoms with Crippen LogP contribution in [0.4, 0.5) is 4.39 Å². The number of aliphatic carboxylic acids is 1. The van der Waals surface area contributed by atoms with Crippen LogP contribution in [0.2, 0.25) is 10.0 Å². The number of hydrogen-bond acceptors (Lipinski definition) is 2. The van der Waals surface area contributed by atoms with E-state index < -0.39 is 17.9 Å². The molecule has 2 aromatic carbocycles. The van der Waals surface area contributed by atoms with Crippen molar-refractivity contribution in [3.8, 4) is 11.1 Å². The van der Waals surface area contributed by atoms with E-state index in [2.05, 4.69) is 0 Å². The van der Waals surface area contributed by atoms with Crippen molar-refractivity contribution in [3.05, 3.63) is 57.8 Å². The Balaban J connectivity index is 2.59. The molecule has 1 atom stereocenters. The lowest BCUT2D eigenvalue weighted by atomic mass is 10.00. The van der Waals surface area contributed by atoms with Crippen LogP contribution in [-0.4, -0.2) is 16.2 Å². The molecule has 0 saturated heterocycles. The van der Waals surface area contributed by atoms with Crippen LogP contribution in [0, 0.1) is 5.82 Å². The Morgan fingerprint density at radius 1 is 1.10 bits per heavy atom. The van der Waals surface area contributed by atoms with Crippen LogP contribution in [0.25, 0.3) is 11.1 Å². The van der Waals surface area contributed by atoms with Crippen molar-refractivity contribution in [2.24, 2.45) is 0 Å². The summed E-state index contributed by atoms with van der Waals surface area (Å²) in [5.41, 5.74) is 0.469. The van der Waals surface area contributed by atoms with E-state index in [4.69, 9.17) is 28.3 Å². The molecule has 0 fully saturated rings. The van der Waals surface area contributed by atoms with Gasteiger partial charge in [-0.15, -0.1) is 0 Å². The molecule has 104 valence electrons. The Morgan fingerprint density at radius 2 is 1.80 bits per heavy atom. The predicted octanol–water partition coefficient (Wildman–Crippen LogP) is 3.92. The van der Waals surface area contributed by atoms with Gasteiger partial charge in [0.1, 0.15) is 5.82 Å². The van der Waals surface area contributed by atoms with Crippen LogP contribution in [0.15, 0.2) is 36.4 Å². The molecule has 0 radical (unpaired) electrons. The van der Waals surface area contributed by atoms with Gasteiger partial charge in [0.15, 0.2) is 6.10 Å². The zero-order valence-corrected chi connectivity index (χ0v) is 11.5. The van der Waals surface area contributed by atoms with Crippen molar-refractivity contribution < 1.29 is 19.4 Å². The summed E-state index contributed by atoms with van der Waals surface area (Å²) in [6, 6.07) is 8.06. The fourth-order valence-corrected chi connectivity index (χ4v) is 2.16. The molecule has 0 spiro atoms. The summed E-state index contributed by atoms with van der Waals surface area (Å²) in [7, 11) is 0. The third-order valence-corrected chi connectivity index (χ3v) is 3.32. The minimum atomic E-state index is -1.73. The largest absolute Gasteiger partial charge is 0.479 e. The van der Waals surface area contributed by atoms with Crippen LogP contribution >= 0.6 is 23.2 Å². The second-order valence-corrected chi connectivity index (χ2v) is 4.95. The Labute approximate surface area is 124 Å². The van der Waals surface area contributed by atoms with E-state index in [0.29, 0.717) is 10.6 Å². The smallest absolute Gasteiger partial charge is 0.337 e. The molecule has 0 aliphatic carbocycles. The van der Waals surface area contributed by atoms with Gasteiger partial charge in [0.2, 0.25) is 0 Å². The van der Waals surface area contributed by atoms with Gasteiger partial charge >= 0.3 is 5.97 Å². The predicted molar refractivity (Wildman–Crippen MR) is 74.5 cm³/mol. The molecule has 0 aromatic heterocycles. The van der Waals surface area contributed by atoms with Crippen molar-refractivity contribution in [2.45, 2.75) is 6.10 Å². The van der Waals surface area contributed by atoms with Crippen LogP contribution in [0.3, 0.4) is 0 Å². The normalized spacial score (nSPS) is 12.2. The first-order chi connectivity index (χ1) is 9.40. The van der Waals surface area contributed by atoms with E-state index in [1.165, 1.54) is 24.3 Å². The third kappa shape index (κ3) is 2.93. The van der Waals surface area contributed by atoms with Gasteiger partial charge in [-0.1, -0.05) is 29.3 Å². The molecule has 2 aromatic rings. The maximum absolute atomic E-state index is 13.9. The summed E-state index contributed by atoms with van der Waals surface area (Å²) in [6.07, 6.45) is -1.73. The lowest BCUT2D eigenvalue weighted by Gasteiger charge is -2.11. The van der Waals surface area contributed by atoms with Crippen LogP contribution in [0.5, 0.6) is 0 Å². The Morgan fingerprint density at radius 3 is 2.45 bits per heavy atom. The van der Waals surface area contributed by atoms with E-state index in [9.17, 15) is 14.3 Å². The minimum Gasteiger partial charge on any atom is -0.479 e. The number of halogens is 3. The van der Waals surface area contributed by atoms with Gasteiger partial charge in [-0.3, -0.25) is 0 Å². The average Bonchev–Trinajstić information content (AvgIpc) is 2.41. The zero-order valence-electron chi connectivity index (χ0n) is 9.98. The molecule has 0 aliphatic rings. The quantitative estimate of drug-likeness (QED) is 0.902. The third-order valence-electron chi connectivity index (χ3n) is 2.76. The fourth-order valence-electron chi connectivity index (χ4n) is 1.77. The number of hydrogen-bond donors (Lipinski definition) is 2. The second-order valence-electron chi connectivity index (χ2n) is 4.10. The summed E-state index contributed by atoms with van der Waals surface area (Å²) in [5.74, 6) is -2.00. The van der Waals surface area contributed by atoms with E-state index in [1.54, 1.807) is 6.07 Å². The van der Waals surface area contributed by atoms with Crippen molar-refractivity contribution in [1.29, 1.82) is 0 Å². The van der Waals surface area contributed by atoms with Gasteiger partial charge in [0.05, 0.1) is 0 Å². The highest BCUT2D eigenvalue weighted by Crippen LogP contribution is 2.33. The maximum atomic E-state index is 13.9. The van der Waals surface area contributed by atoms with Gasteiger partial charge in [-0.25, -0.2) is 9.18 Å². The number of carboxylic acids is 1. The van der Waals surface area contributed by atoms with Gasteiger partial charge in [-0.2, -0.15) is 0 Å². The molecule has 3 nitrogen and oxygen atoms in total. The van der Waals surface area contributed by atoms with Crippen molar-refractivity contribution in [1.82, 2.24) is 0 Å². The van der Waals surface area contributed by atoms with Gasteiger partial charge in [0.25, 0.3) is 0 Å². The molecule has 20 heavy (non-hydrogen) atoms. The van der Waals surface area contributed by atoms with Crippen molar-refractivity contribution in [2.75, 3.05) is 0 Å². The first-order valence-electron chi connectivity index (χ1n) is 5.56. The fraction of sp³-hybridized carbons (Fsp3) is 0.0714. The lowest BCUT2D eigenvalue weighted by molar-refractivity contribution is -0.146. The first kappa shape index (κ1) is 14.8. The molecular formula is C14H9Cl2FO3. The standard InChI is InChI=1S/C14H9Cl2FO3/c15-8-2-3-11(16)9(6-8)10-5-7(1-4-12(10)17)13(18)14(19)20/h1-6,13,18H,(H,19,20). The van der Waals surface area contributed by atoms with Gasteiger partial charge in [0, 0.05) is 21.2 Å². The Bertz CT molecular complexity index is 673. The van der Waals surface area contributed by atoms with Crippen molar-refractivity contribution in [3.63, 3.8) is 0 Å². The van der Waals surface area contributed by atoms with E-state index in [-0.39, 0.29) is 16.1 Å². The molecule has 1 unspecified atom stereocenters. The van der Waals surface area contributed by atoms with E-state index in [0.717, 1.165) is 6.07 Å². The highest BCUT2D eigenvalue weighted by molar-refractivity contribution is 6.35. The van der Waals surface area contributed by atoms with Crippen LogP contribution < -0.4 is 0 Å². The summed E-state index contributed by atoms with van der Waals surface area (Å²) in [6.45, 7) is 0. The number of carboxylic acid groups (broad SMARTS) is 1. The van der Waals surface area contributed by atoms with Crippen LogP contribution in [0.1, 0.15) is 11.7 Å². The first-order valence-corrected chi connectivity index (χ1v) is 6.31. The number of benzene rings is 2. The number of rotatable bonds is 3. The monoisotopic (exact) mass is 314 g/mol. The molecule has 0 bridgehead atoms. The molecule has 6 heteroatoms. The molecule has 2 N–H and O–H groups in total. The topological polar surface area (TPSA) is 57.5 Å².